The summed E-state index contributed by atoms with van der Waals surface area (Å²) in [5.41, 5.74) is 5.57. The van der Waals surface area contributed by atoms with E-state index in [1.54, 1.807) is 6.07 Å². The Morgan fingerprint density at radius 2 is 2.22 bits per heavy atom. The molecule has 0 aliphatic rings. The van der Waals surface area contributed by atoms with Gasteiger partial charge in [0.2, 0.25) is 5.13 Å². The summed E-state index contributed by atoms with van der Waals surface area (Å²) in [7, 11) is 0. The molecule has 0 atom stereocenters. The summed E-state index contributed by atoms with van der Waals surface area (Å²) in [5.74, 6) is -0.101. The number of hydrogen-bond donors (Lipinski definition) is 2. The van der Waals surface area contributed by atoms with Crippen molar-refractivity contribution in [3.8, 4) is 0 Å². The highest BCUT2D eigenvalue weighted by Gasteiger charge is 2.09. The maximum Gasteiger partial charge on any atom is 0.265 e. The van der Waals surface area contributed by atoms with Gasteiger partial charge in [0, 0.05) is 11.4 Å². The Bertz CT molecular complexity index is 852. The Morgan fingerprint density at radius 1 is 1.35 bits per heavy atom. The number of aromatic nitrogens is 1. The first-order chi connectivity index (χ1) is 11.2. The van der Waals surface area contributed by atoms with E-state index in [4.69, 9.17) is 0 Å². The molecule has 0 saturated carbocycles. The van der Waals surface area contributed by atoms with Crippen LogP contribution in [0.5, 0.6) is 0 Å². The summed E-state index contributed by atoms with van der Waals surface area (Å²) in [5, 5.41) is 9.78. The molecule has 0 spiro atoms. The Hall–Kier alpha value is -2.25. The van der Waals surface area contributed by atoms with Crippen LogP contribution in [0.25, 0.3) is 10.2 Å². The zero-order valence-electron chi connectivity index (χ0n) is 12.8. The van der Waals surface area contributed by atoms with Gasteiger partial charge in [0.1, 0.15) is 0 Å². The third-order valence-corrected chi connectivity index (χ3v) is 5.05. The molecule has 0 aliphatic heterocycles. The molecule has 0 radical (unpaired) electrons. The minimum atomic E-state index is -0.101. The van der Waals surface area contributed by atoms with Crippen LogP contribution < -0.4 is 10.7 Å². The number of thiazole rings is 1. The Balaban J connectivity index is 1.77. The predicted molar refractivity (Wildman–Crippen MR) is 98.9 cm³/mol. The van der Waals surface area contributed by atoms with E-state index in [0.717, 1.165) is 33.2 Å². The molecule has 2 N–H and O–H groups in total. The van der Waals surface area contributed by atoms with Crippen molar-refractivity contribution in [3.05, 3.63) is 40.6 Å². The third-order valence-electron chi connectivity index (χ3n) is 3.24. The van der Waals surface area contributed by atoms with Crippen LogP contribution in [-0.2, 0) is 0 Å². The molecular formula is C16H16N4OS2. The van der Waals surface area contributed by atoms with Gasteiger partial charge < -0.3 is 5.32 Å². The third kappa shape index (κ3) is 3.75. The van der Waals surface area contributed by atoms with Crippen molar-refractivity contribution in [2.75, 3.05) is 10.7 Å². The first-order valence-electron chi connectivity index (χ1n) is 7.20. The van der Waals surface area contributed by atoms with Crippen LogP contribution in [0.4, 0.5) is 10.8 Å². The number of carbonyl (C=O) groups excluding carboxylic acids is 1. The van der Waals surface area contributed by atoms with Crippen LogP contribution in [0.15, 0.2) is 40.8 Å². The summed E-state index contributed by atoms with van der Waals surface area (Å²) in [6.45, 7) is 4.03. The highest BCUT2D eigenvalue weighted by molar-refractivity contribution is 7.22. The number of anilines is 2. The van der Waals surface area contributed by atoms with Crippen molar-refractivity contribution >= 4 is 55.3 Å². The van der Waals surface area contributed by atoms with Gasteiger partial charge >= 0.3 is 0 Å². The average molecular weight is 344 g/mol. The molecule has 2 aromatic heterocycles. The van der Waals surface area contributed by atoms with E-state index < -0.39 is 0 Å². The minimum absolute atomic E-state index is 0.101. The predicted octanol–water partition coefficient (Wildman–Crippen LogP) is 4.81. The Morgan fingerprint density at radius 3 is 2.96 bits per heavy atom. The van der Waals surface area contributed by atoms with Crippen LogP contribution in [-0.4, -0.2) is 16.6 Å². The molecule has 0 fully saturated rings. The molecular weight excluding hydrogens is 328 g/mol. The van der Waals surface area contributed by atoms with Crippen molar-refractivity contribution in [1.82, 2.24) is 4.98 Å². The smallest absolute Gasteiger partial charge is 0.265 e. The summed E-state index contributed by atoms with van der Waals surface area (Å²) in [6.07, 6.45) is 0.900. The molecule has 2 heterocycles. The molecule has 7 heteroatoms. The van der Waals surface area contributed by atoms with Crippen LogP contribution in [0.3, 0.4) is 0 Å². The molecule has 0 aliphatic carbocycles. The van der Waals surface area contributed by atoms with E-state index in [2.05, 4.69) is 27.8 Å². The number of nitrogens with one attached hydrogen (secondary N) is 2. The van der Waals surface area contributed by atoms with E-state index in [1.807, 2.05) is 36.6 Å². The van der Waals surface area contributed by atoms with Crippen molar-refractivity contribution in [3.63, 3.8) is 0 Å². The second-order valence-corrected chi connectivity index (χ2v) is 6.92. The fourth-order valence-electron chi connectivity index (χ4n) is 1.88. The maximum absolute atomic E-state index is 12.1. The van der Waals surface area contributed by atoms with Gasteiger partial charge in [-0.25, -0.2) is 4.98 Å². The second kappa shape index (κ2) is 6.89. The normalized spacial score (nSPS) is 11.7. The molecule has 3 aromatic rings. The number of hydrogen-bond acceptors (Lipinski definition) is 6. The molecule has 0 unspecified atom stereocenters. The first kappa shape index (κ1) is 15.6. The van der Waals surface area contributed by atoms with Crippen molar-refractivity contribution in [2.24, 2.45) is 5.10 Å². The Kier molecular flexibility index (Phi) is 4.68. The molecule has 1 amide bonds. The average Bonchev–Trinajstić information content (AvgIpc) is 3.21. The van der Waals surface area contributed by atoms with Crippen LogP contribution in [0.1, 0.15) is 29.9 Å². The zero-order valence-corrected chi connectivity index (χ0v) is 14.4. The van der Waals surface area contributed by atoms with E-state index in [1.165, 1.54) is 22.7 Å². The first-order valence-corrected chi connectivity index (χ1v) is 8.90. The number of rotatable bonds is 5. The molecule has 5 nitrogen and oxygen atoms in total. The van der Waals surface area contributed by atoms with Gasteiger partial charge in [0.15, 0.2) is 0 Å². The molecule has 1 aromatic carbocycles. The lowest BCUT2D eigenvalue weighted by Crippen LogP contribution is -2.09. The standard InChI is InChI=1S/C16H16N4OS2/c1-3-10(2)19-20-16-18-12-9-11(6-7-13(12)23-16)17-15(21)14-5-4-8-22-14/h4-9H,3H2,1-2H3,(H,17,21)(H,18,20)/b19-10+. The van der Waals surface area contributed by atoms with Gasteiger partial charge in [0.25, 0.3) is 5.91 Å². The summed E-state index contributed by atoms with van der Waals surface area (Å²) in [4.78, 5) is 17.3. The van der Waals surface area contributed by atoms with Gasteiger partial charge in [0.05, 0.1) is 15.1 Å². The largest absolute Gasteiger partial charge is 0.321 e. The van der Waals surface area contributed by atoms with Crippen LogP contribution >= 0.6 is 22.7 Å². The van der Waals surface area contributed by atoms with Crippen LogP contribution in [0.2, 0.25) is 0 Å². The number of fused-ring (bicyclic) bond motifs is 1. The summed E-state index contributed by atoms with van der Waals surface area (Å²) >= 11 is 2.95. The lowest BCUT2D eigenvalue weighted by molar-refractivity contribution is 0.103. The molecule has 0 saturated heterocycles. The molecule has 3 rings (SSSR count). The number of hydrazone groups is 1. The summed E-state index contributed by atoms with van der Waals surface area (Å²) < 4.78 is 1.05. The topological polar surface area (TPSA) is 66.4 Å². The van der Waals surface area contributed by atoms with Crippen molar-refractivity contribution in [2.45, 2.75) is 20.3 Å². The minimum Gasteiger partial charge on any atom is -0.321 e. The number of carbonyl (C=O) groups is 1. The highest BCUT2D eigenvalue weighted by Crippen LogP contribution is 2.28. The highest BCUT2D eigenvalue weighted by atomic mass is 32.1. The van der Waals surface area contributed by atoms with E-state index in [-0.39, 0.29) is 5.91 Å². The molecule has 23 heavy (non-hydrogen) atoms. The van der Waals surface area contributed by atoms with Gasteiger partial charge in [-0.15, -0.1) is 11.3 Å². The van der Waals surface area contributed by atoms with Crippen molar-refractivity contribution in [1.29, 1.82) is 0 Å². The number of amides is 1. The van der Waals surface area contributed by atoms with Gasteiger partial charge in [-0.1, -0.05) is 24.3 Å². The maximum atomic E-state index is 12.1. The summed E-state index contributed by atoms with van der Waals surface area (Å²) in [6, 6.07) is 9.38. The number of nitrogens with zero attached hydrogens (tertiary/aromatic N) is 2. The van der Waals surface area contributed by atoms with E-state index in [9.17, 15) is 4.79 Å². The van der Waals surface area contributed by atoms with Gasteiger partial charge in [-0.05, 0) is 43.0 Å². The van der Waals surface area contributed by atoms with Gasteiger partial charge in [-0.3, -0.25) is 10.2 Å². The Labute approximate surface area is 142 Å². The molecule has 0 bridgehead atoms. The van der Waals surface area contributed by atoms with Gasteiger partial charge in [-0.2, -0.15) is 5.10 Å². The zero-order chi connectivity index (χ0) is 16.2. The van der Waals surface area contributed by atoms with Crippen LogP contribution in [0, 0.1) is 0 Å². The lowest BCUT2D eigenvalue weighted by atomic mass is 10.3. The lowest BCUT2D eigenvalue weighted by Gasteiger charge is -2.02. The number of thiophene rings is 1. The monoisotopic (exact) mass is 344 g/mol. The molecule has 118 valence electrons. The van der Waals surface area contributed by atoms with E-state index in [0.29, 0.717) is 4.88 Å². The van der Waals surface area contributed by atoms with Crippen molar-refractivity contribution < 1.29 is 4.79 Å². The van der Waals surface area contributed by atoms with E-state index >= 15 is 0 Å². The fourth-order valence-corrected chi connectivity index (χ4v) is 3.28. The quantitative estimate of drug-likeness (QED) is 0.516. The SMILES string of the molecule is CC/C(C)=N/Nc1nc2cc(NC(=O)c3cccs3)ccc2s1. The second-order valence-electron chi connectivity index (χ2n) is 4.95. The number of benzene rings is 1. The fraction of sp³-hybridized carbons (Fsp3) is 0.188.